The molecule has 1 heterocycles. The van der Waals surface area contributed by atoms with E-state index in [0.29, 0.717) is 13.0 Å². The van der Waals surface area contributed by atoms with Crippen LogP contribution in [0.4, 0.5) is 0 Å². The third kappa shape index (κ3) is 2.87. The predicted octanol–water partition coefficient (Wildman–Crippen LogP) is 1.84. The van der Waals surface area contributed by atoms with E-state index < -0.39 is 6.10 Å². The Morgan fingerprint density at radius 2 is 2.06 bits per heavy atom. The lowest BCUT2D eigenvalue weighted by Gasteiger charge is -2.09. The van der Waals surface area contributed by atoms with Gasteiger partial charge in [0.05, 0.1) is 6.10 Å². The van der Waals surface area contributed by atoms with Crippen LogP contribution < -0.4 is 4.74 Å². The monoisotopic (exact) mass is 247 g/mol. The zero-order valence-electron chi connectivity index (χ0n) is 10.6. The van der Waals surface area contributed by atoms with E-state index >= 15 is 0 Å². The minimum Gasteiger partial charge on any atom is -0.486 e. The van der Waals surface area contributed by atoms with Crippen molar-refractivity contribution in [2.45, 2.75) is 26.1 Å². The predicted molar refractivity (Wildman–Crippen MR) is 67.0 cm³/mol. The summed E-state index contributed by atoms with van der Waals surface area (Å²) in [6.07, 6.45) is 1.80. The highest BCUT2D eigenvalue weighted by Crippen LogP contribution is 2.20. The molecule has 18 heavy (non-hydrogen) atoms. The Morgan fingerprint density at radius 1 is 1.33 bits per heavy atom. The van der Waals surface area contributed by atoms with Gasteiger partial charge in [-0.05, 0) is 24.1 Å². The van der Waals surface area contributed by atoms with Crippen molar-refractivity contribution in [2.24, 2.45) is 7.05 Å². The van der Waals surface area contributed by atoms with Gasteiger partial charge in [0, 0.05) is 7.05 Å². The van der Waals surface area contributed by atoms with Crippen LogP contribution >= 0.6 is 0 Å². The second-order valence-electron chi connectivity index (χ2n) is 4.08. The first-order valence-electron chi connectivity index (χ1n) is 5.94. The molecule has 0 unspecified atom stereocenters. The van der Waals surface area contributed by atoms with Crippen molar-refractivity contribution in [3.8, 4) is 5.75 Å². The molecule has 96 valence electrons. The molecule has 1 N–H and O–H groups in total. The Balaban J connectivity index is 1.96. The van der Waals surface area contributed by atoms with Gasteiger partial charge in [-0.15, -0.1) is 0 Å². The van der Waals surface area contributed by atoms with Crippen LogP contribution in [0.1, 0.15) is 30.8 Å². The third-order valence-corrected chi connectivity index (χ3v) is 2.82. The zero-order valence-corrected chi connectivity index (χ0v) is 10.6. The molecule has 0 spiro atoms. The summed E-state index contributed by atoms with van der Waals surface area (Å²) in [7, 11) is 1.83. The fourth-order valence-corrected chi connectivity index (χ4v) is 1.62. The van der Waals surface area contributed by atoms with Gasteiger partial charge in [0.1, 0.15) is 18.7 Å². The molecule has 0 saturated heterocycles. The summed E-state index contributed by atoms with van der Waals surface area (Å²) in [5.74, 6) is 1.53. The van der Waals surface area contributed by atoms with Crippen molar-refractivity contribution in [3.63, 3.8) is 0 Å². The summed E-state index contributed by atoms with van der Waals surface area (Å²) in [4.78, 5) is 4.08. The summed E-state index contributed by atoms with van der Waals surface area (Å²) >= 11 is 0. The fraction of sp³-hybridized carbons (Fsp3) is 0.385. The molecule has 2 aromatic rings. The van der Waals surface area contributed by atoms with E-state index in [9.17, 15) is 5.11 Å². The van der Waals surface area contributed by atoms with Gasteiger partial charge in [0.25, 0.3) is 0 Å². The largest absolute Gasteiger partial charge is 0.486 e. The summed E-state index contributed by atoms with van der Waals surface area (Å²) in [5, 5.41) is 13.6. The molecule has 0 aliphatic heterocycles. The third-order valence-electron chi connectivity index (χ3n) is 2.82. The molecule has 1 aromatic heterocycles. The number of aryl methyl sites for hydroxylation is 1. The minimum absolute atomic E-state index is 0.381. The van der Waals surface area contributed by atoms with Crippen molar-refractivity contribution >= 4 is 0 Å². The Morgan fingerprint density at radius 3 is 2.61 bits per heavy atom. The highest BCUT2D eigenvalue weighted by molar-refractivity contribution is 5.28. The topological polar surface area (TPSA) is 60.2 Å². The summed E-state index contributed by atoms with van der Waals surface area (Å²) in [5.41, 5.74) is 0.906. The van der Waals surface area contributed by atoms with Gasteiger partial charge >= 0.3 is 0 Å². The molecule has 0 bridgehead atoms. The number of nitrogens with zero attached hydrogens (tertiary/aromatic N) is 3. The quantitative estimate of drug-likeness (QED) is 0.875. The van der Waals surface area contributed by atoms with E-state index in [1.54, 1.807) is 4.68 Å². The first-order chi connectivity index (χ1) is 8.70. The molecule has 2 rings (SSSR count). The van der Waals surface area contributed by atoms with E-state index in [4.69, 9.17) is 4.74 Å². The van der Waals surface area contributed by atoms with E-state index in [1.807, 2.05) is 38.2 Å². The van der Waals surface area contributed by atoms with Crippen LogP contribution in [-0.4, -0.2) is 19.9 Å². The highest BCUT2D eigenvalue weighted by Gasteiger charge is 2.05. The van der Waals surface area contributed by atoms with Crippen LogP contribution in [-0.2, 0) is 13.7 Å². The molecule has 0 fully saturated rings. The number of ether oxygens (including phenoxy) is 1. The van der Waals surface area contributed by atoms with E-state index in [0.717, 1.165) is 17.1 Å². The second kappa shape index (κ2) is 5.64. The normalized spacial score (nSPS) is 12.4. The van der Waals surface area contributed by atoms with Gasteiger partial charge in [-0.2, -0.15) is 5.10 Å². The molecule has 0 aliphatic carbocycles. The fourth-order valence-electron chi connectivity index (χ4n) is 1.62. The smallest absolute Gasteiger partial charge is 0.164 e. The molecule has 5 nitrogen and oxygen atoms in total. The molecule has 0 saturated carbocycles. The number of hydrogen-bond acceptors (Lipinski definition) is 4. The lowest BCUT2D eigenvalue weighted by Crippen LogP contribution is -2.04. The minimum atomic E-state index is -0.405. The molecular formula is C13H17N3O2. The average molecular weight is 247 g/mol. The standard InChI is InChI=1S/C13H17N3O2/c1-3-12(17)10-4-6-11(7-5-10)18-8-13-14-9-15-16(13)2/h4-7,9,12,17H,3,8H2,1-2H3/t12-/m0/s1. The van der Waals surface area contributed by atoms with Crippen LogP contribution in [0.2, 0.25) is 0 Å². The van der Waals surface area contributed by atoms with Crippen molar-refractivity contribution in [1.29, 1.82) is 0 Å². The average Bonchev–Trinajstić information content (AvgIpc) is 2.81. The molecule has 0 radical (unpaired) electrons. The Hall–Kier alpha value is -1.88. The van der Waals surface area contributed by atoms with Gasteiger partial charge in [-0.25, -0.2) is 4.98 Å². The lowest BCUT2D eigenvalue weighted by atomic mass is 10.1. The van der Waals surface area contributed by atoms with Crippen molar-refractivity contribution < 1.29 is 9.84 Å². The maximum atomic E-state index is 9.67. The zero-order chi connectivity index (χ0) is 13.0. The van der Waals surface area contributed by atoms with Gasteiger partial charge in [0.15, 0.2) is 5.82 Å². The van der Waals surface area contributed by atoms with E-state index in [1.165, 1.54) is 6.33 Å². The molecule has 1 aromatic carbocycles. The van der Waals surface area contributed by atoms with E-state index in [-0.39, 0.29) is 0 Å². The molecular weight excluding hydrogens is 230 g/mol. The number of benzene rings is 1. The van der Waals surface area contributed by atoms with Crippen LogP contribution in [0.5, 0.6) is 5.75 Å². The maximum absolute atomic E-state index is 9.67. The second-order valence-corrected chi connectivity index (χ2v) is 4.08. The Labute approximate surface area is 106 Å². The number of aliphatic hydroxyl groups is 1. The van der Waals surface area contributed by atoms with Crippen LogP contribution in [0.3, 0.4) is 0 Å². The van der Waals surface area contributed by atoms with Crippen molar-refractivity contribution in [2.75, 3.05) is 0 Å². The summed E-state index contributed by atoms with van der Waals surface area (Å²) in [6.45, 7) is 2.33. The van der Waals surface area contributed by atoms with E-state index in [2.05, 4.69) is 10.1 Å². The molecule has 5 heteroatoms. The SMILES string of the molecule is CC[C@H](O)c1ccc(OCc2ncnn2C)cc1. The summed E-state index contributed by atoms with van der Waals surface area (Å²) in [6, 6.07) is 7.45. The molecule has 1 atom stereocenters. The van der Waals surface area contributed by atoms with Crippen molar-refractivity contribution in [1.82, 2.24) is 14.8 Å². The van der Waals surface area contributed by atoms with Crippen LogP contribution in [0, 0.1) is 0 Å². The highest BCUT2D eigenvalue weighted by atomic mass is 16.5. The number of rotatable bonds is 5. The van der Waals surface area contributed by atoms with Gasteiger partial charge in [-0.3, -0.25) is 4.68 Å². The summed E-state index contributed by atoms with van der Waals surface area (Å²) < 4.78 is 7.27. The van der Waals surface area contributed by atoms with Gasteiger partial charge < -0.3 is 9.84 Å². The van der Waals surface area contributed by atoms with Crippen molar-refractivity contribution in [3.05, 3.63) is 42.0 Å². The van der Waals surface area contributed by atoms with Crippen LogP contribution in [0.15, 0.2) is 30.6 Å². The number of aromatic nitrogens is 3. The number of aliphatic hydroxyl groups excluding tert-OH is 1. The lowest BCUT2D eigenvalue weighted by molar-refractivity contribution is 0.173. The molecule has 0 aliphatic rings. The van der Waals surface area contributed by atoms with Crippen LogP contribution in [0.25, 0.3) is 0 Å². The van der Waals surface area contributed by atoms with Gasteiger partial charge in [0.2, 0.25) is 0 Å². The van der Waals surface area contributed by atoms with Gasteiger partial charge in [-0.1, -0.05) is 19.1 Å². The maximum Gasteiger partial charge on any atom is 0.164 e. The Kier molecular flexibility index (Phi) is 3.94. The molecule has 0 amide bonds. The first kappa shape index (κ1) is 12.6. The number of hydrogen-bond donors (Lipinski definition) is 1. The first-order valence-corrected chi connectivity index (χ1v) is 5.94. The Bertz CT molecular complexity index is 493.